The zero-order valence-corrected chi connectivity index (χ0v) is 80.7. The van der Waals surface area contributed by atoms with Crippen molar-refractivity contribution in [3.8, 4) is 0 Å². The molecule has 16 rings (SSSR count). The molecule has 0 bridgehead atoms. The normalized spacial score (nSPS) is 20.0. The van der Waals surface area contributed by atoms with Gasteiger partial charge in [-0.25, -0.2) is 68.4 Å². The fourth-order valence-electron chi connectivity index (χ4n) is 19.1. The second kappa shape index (κ2) is 48.6. The van der Waals surface area contributed by atoms with Crippen molar-refractivity contribution in [2.45, 2.75) is 198 Å². The van der Waals surface area contributed by atoms with Crippen LogP contribution in [0, 0.1) is 29.6 Å². The first-order valence-corrected chi connectivity index (χ1v) is 47.4. The van der Waals surface area contributed by atoms with Gasteiger partial charge in [-0.05, 0) is 229 Å². The van der Waals surface area contributed by atoms with Crippen molar-refractivity contribution in [1.82, 2.24) is 84.9 Å². The van der Waals surface area contributed by atoms with Crippen LogP contribution in [0.2, 0.25) is 0 Å². The zero-order chi connectivity index (χ0) is 104. The molecule has 6 aliphatic heterocycles. The minimum Gasteiger partial charge on any atom is -0.480 e. The van der Waals surface area contributed by atoms with Crippen molar-refractivity contribution in [3.63, 3.8) is 0 Å². The van der Waals surface area contributed by atoms with E-state index in [4.69, 9.17) is 28.7 Å². The Hall–Kier alpha value is -16.4. The average Bonchev–Trinajstić information content (AvgIpc) is 0.864. The Morgan fingerprint density at radius 3 is 1.14 bits per heavy atom. The van der Waals surface area contributed by atoms with E-state index >= 15 is 0 Å². The highest BCUT2D eigenvalue weighted by molar-refractivity contribution is 6.10. The predicted molar refractivity (Wildman–Crippen MR) is 531 cm³/mol. The molecule has 0 spiro atoms. The van der Waals surface area contributed by atoms with Gasteiger partial charge < -0.3 is 64.8 Å². The summed E-state index contributed by atoms with van der Waals surface area (Å²) in [5, 5.41) is 55.8. The molecule has 0 saturated carbocycles. The van der Waals surface area contributed by atoms with E-state index in [1.165, 1.54) is 53.1 Å². The number of carboxylic acids is 5. The number of urea groups is 2. The van der Waals surface area contributed by atoms with Crippen molar-refractivity contribution >= 4 is 117 Å². The number of nitrogens with zero attached hydrogens (tertiary/aromatic N) is 15. The summed E-state index contributed by atoms with van der Waals surface area (Å²) in [5.74, 6) is -10.6. The summed E-state index contributed by atoms with van der Waals surface area (Å²) >= 11 is 0. The molecule has 8 aromatic heterocycles. The number of hydrogen-bond acceptors (Lipinski definition) is 28. The number of rotatable bonds is 33. The van der Waals surface area contributed by atoms with Gasteiger partial charge in [-0.3, -0.25) is 68.1 Å². The Bertz CT molecular complexity index is 6240. The lowest BCUT2D eigenvalue weighted by Crippen LogP contribution is -2.66. The molecule has 0 radical (unpaired) electrons. The van der Waals surface area contributed by atoms with Gasteiger partial charge in [0.1, 0.15) is 65.6 Å². The van der Waals surface area contributed by atoms with E-state index in [2.05, 4.69) is 99.5 Å². The molecular formula is C104H120N22O18. The fraction of sp³-hybridized carbons (Fsp3) is 0.365. The molecule has 0 unspecified atom stereocenters. The van der Waals surface area contributed by atoms with Gasteiger partial charge in [0.05, 0.1) is 23.8 Å². The molecular weight excluding hydrogens is 1850 g/mol. The summed E-state index contributed by atoms with van der Waals surface area (Å²) in [6.07, 6.45) is 26.7. The number of carbonyl (C=O) groups is 13. The SMILES string of the molecule is C=C1[C@H](Cc2ccnc(N)c2)[C@@H](C(=O)O)N1C(=O)NC(CCC)CCC.C=C1[C@H](Cc2ccnc(N)c2)[C@@H](C(=O)O)N1C(=O)N[C@H](C)c1cccnc1.C[C@@H](CC(=O)N1C(=O)[C@H](Cc2ccnc(N)c2)[C@H]1C(=O)O)c1cccc(CN2CCCC2)c1.C[C@@H](CC(=O)N1C(=O)[C@H](Cc2ccnc(N)c2)[C@H]1C(=O)O)c1cccc2ccncc12.C[C@@H](CC(=O)N1C(=O)[C@H](Cc2ccnc(N)c2)[C@H]1C(=O)O)c1cncnc1. The third-order valence-electron chi connectivity index (χ3n) is 26.5. The van der Waals surface area contributed by atoms with Gasteiger partial charge in [-0.2, -0.15) is 0 Å². The molecule has 0 aliphatic carbocycles. The lowest BCUT2D eigenvalue weighted by atomic mass is 9.80. The third kappa shape index (κ3) is 26.0. The summed E-state index contributed by atoms with van der Waals surface area (Å²) < 4.78 is 0. The van der Waals surface area contributed by atoms with Gasteiger partial charge in [-0.15, -0.1) is 0 Å². The molecule has 6 saturated heterocycles. The van der Waals surface area contributed by atoms with Crippen LogP contribution in [0.4, 0.5) is 38.7 Å². The van der Waals surface area contributed by atoms with Crippen LogP contribution in [-0.2, 0) is 91.4 Å². The number of pyridine rings is 7. The van der Waals surface area contributed by atoms with Crippen molar-refractivity contribution in [2.24, 2.45) is 29.6 Å². The summed E-state index contributed by atoms with van der Waals surface area (Å²) in [4.78, 5) is 204. The van der Waals surface area contributed by atoms with E-state index in [0.717, 1.165) is 110 Å². The largest absolute Gasteiger partial charge is 0.480 e. The number of nitrogens with one attached hydrogen (secondary N) is 2. The Morgan fingerprint density at radius 2 is 0.750 bits per heavy atom. The van der Waals surface area contributed by atoms with E-state index < -0.39 is 119 Å². The van der Waals surface area contributed by atoms with Crippen molar-refractivity contribution in [3.05, 3.63) is 276 Å². The number of nitrogens with two attached hydrogens (primary N) is 5. The Morgan fingerprint density at radius 1 is 0.389 bits per heavy atom. The highest BCUT2D eigenvalue weighted by atomic mass is 16.4. The van der Waals surface area contributed by atoms with Gasteiger partial charge in [0.15, 0.2) is 0 Å². The number of carbonyl (C=O) groups excluding carboxylic acids is 8. The first kappa shape index (κ1) is 106. The average molecular weight is 1970 g/mol. The number of β-lactam (4-membered cyclic amide) rings is 3. The fourth-order valence-corrected chi connectivity index (χ4v) is 19.1. The van der Waals surface area contributed by atoms with Crippen LogP contribution >= 0.6 is 0 Å². The molecule has 754 valence electrons. The number of nitrogen functional groups attached to an aromatic ring is 5. The van der Waals surface area contributed by atoms with Crippen molar-refractivity contribution < 1.29 is 87.9 Å². The molecule has 40 heteroatoms. The van der Waals surface area contributed by atoms with Crippen LogP contribution in [0.1, 0.15) is 179 Å². The first-order valence-electron chi connectivity index (χ1n) is 47.4. The van der Waals surface area contributed by atoms with Gasteiger partial charge in [0, 0.05) is 129 Å². The topological polar surface area (TPSA) is 613 Å². The maximum absolute atomic E-state index is 13.0. The number of aromatic nitrogens is 9. The smallest absolute Gasteiger partial charge is 0.327 e. The lowest BCUT2D eigenvalue weighted by Gasteiger charge is -2.47. The van der Waals surface area contributed by atoms with E-state index in [1.807, 2.05) is 63.2 Å². The number of fused-ring (bicyclic) bond motifs is 1. The number of anilines is 5. The summed E-state index contributed by atoms with van der Waals surface area (Å²) in [6.45, 7) is 22.5. The zero-order valence-electron chi connectivity index (χ0n) is 80.7. The van der Waals surface area contributed by atoms with Crippen LogP contribution in [-0.4, -0.2) is 226 Å². The number of imide groups is 3. The van der Waals surface area contributed by atoms with Crippen LogP contribution in [0.5, 0.6) is 0 Å². The van der Waals surface area contributed by atoms with Gasteiger partial charge in [0.2, 0.25) is 35.4 Å². The van der Waals surface area contributed by atoms with Crippen molar-refractivity contribution in [1.29, 1.82) is 0 Å². The van der Waals surface area contributed by atoms with Gasteiger partial charge in [-0.1, -0.05) is 109 Å². The van der Waals surface area contributed by atoms with Gasteiger partial charge in [0.25, 0.3) is 0 Å². The van der Waals surface area contributed by atoms with E-state index in [0.29, 0.717) is 58.6 Å². The highest BCUT2D eigenvalue weighted by Gasteiger charge is 2.58. The van der Waals surface area contributed by atoms with Crippen LogP contribution in [0.3, 0.4) is 0 Å². The minimum atomic E-state index is -1.20. The third-order valence-corrected chi connectivity index (χ3v) is 26.5. The molecule has 10 amide bonds. The number of aliphatic carboxylic acids is 5. The maximum Gasteiger partial charge on any atom is 0.327 e. The number of hydrogen-bond donors (Lipinski definition) is 12. The van der Waals surface area contributed by atoms with E-state index in [1.54, 1.807) is 123 Å². The molecule has 6 fully saturated rings. The van der Waals surface area contributed by atoms with E-state index in [-0.39, 0.29) is 92.0 Å². The second-order valence-corrected chi connectivity index (χ2v) is 36.8. The predicted octanol–water partition coefficient (Wildman–Crippen LogP) is 10.2. The first-order chi connectivity index (χ1) is 68.8. The summed E-state index contributed by atoms with van der Waals surface area (Å²) in [6, 6.07) is 29.8. The number of amides is 10. The Labute approximate surface area is 831 Å². The number of likely N-dealkylation sites (tertiary alicyclic amines) is 6. The summed E-state index contributed by atoms with van der Waals surface area (Å²) in [7, 11) is 0. The second-order valence-electron chi connectivity index (χ2n) is 36.8. The Kier molecular flexibility index (Phi) is 36.0. The molecule has 40 nitrogen and oxygen atoms in total. The monoisotopic (exact) mass is 1960 g/mol. The minimum absolute atomic E-state index is 0.00216. The molecule has 144 heavy (non-hydrogen) atoms. The number of benzene rings is 2. The summed E-state index contributed by atoms with van der Waals surface area (Å²) in [5.41, 5.74) is 37.9. The molecule has 2 aromatic carbocycles. The van der Waals surface area contributed by atoms with Crippen LogP contribution < -0.4 is 39.3 Å². The van der Waals surface area contributed by atoms with Crippen molar-refractivity contribution in [2.75, 3.05) is 41.8 Å². The molecule has 17 N–H and O–H groups in total. The van der Waals surface area contributed by atoms with Crippen LogP contribution in [0.25, 0.3) is 10.8 Å². The standard InChI is InChI=1S/C25H30N4O4.C23H22N4O4.C19H21N5O3.C19H28N4O3.C18H19N5O4/c1-16(19-6-4-5-18(12-19)15-28-9-2-3-10-28)11-22(30)29-23(25(32)33)20(24(29)31)13-17-7-8-27-21(26)14-17;1-13(16-4-2-3-15-6-7-25-12-18(15)16)9-20(28)27-21(23(30)31)17(22(27)29)10-14-5-8-26-19(24)11-14;1-11(14-4-3-6-21-10-14)23-19(27)24-12(2)15(17(24)18(25)26)8-13-5-7-22-16(20)9-13;1-4-6-14(7-5-2)22-19(26)23-12(3)15(17(23)18(24)25)10-13-8-9-21-16(20)11-13;1-10(12-7-20-9-21-8-12)4-15(24)23-16(18(26)27)13(17(23)25)5-11-2-3-22-14(19)6-11/h4-8,12,14,16,20,23H,2-3,9-11,13,15H2,1H3,(H2,26,27)(H,32,33);2-8,11-13,17,21H,9-10H2,1H3,(H2,24,26)(H,30,31);3-7,9-11,15,17H,2,8H2,1H3,(H2,20,22)(H,23,27)(H,25,26);8-9,11,14-15,17H,3-7,10H2,1-2H3,(H2,20,21)(H,22,26)(H,24,25);2-3,6-10,13,16H,4-5H2,1H3,(H2,19,22)(H,26,27)/t16-,20+,23-;13-,17+,21-;11-,15+,17+;15-,17-;10-,13+,16-/m00100/s1. The lowest BCUT2D eigenvalue weighted by molar-refractivity contribution is -0.177. The maximum atomic E-state index is 13.0. The number of carboxylic acid groups (broad SMARTS) is 5. The van der Waals surface area contributed by atoms with E-state index in [9.17, 15) is 87.9 Å². The van der Waals surface area contributed by atoms with Crippen LogP contribution in [0.15, 0.2) is 220 Å². The molecule has 10 aromatic rings. The molecule has 14 atom stereocenters. The van der Waals surface area contributed by atoms with Gasteiger partial charge >= 0.3 is 41.9 Å². The molecule has 14 heterocycles. The Balaban J connectivity index is 0.000000161. The highest BCUT2D eigenvalue weighted by Crippen LogP contribution is 2.43. The molecule has 6 aliphatic rings. The quantitative estimate of drug-likeness (QED) is 0.0170.